The average Bonchev–Trinajstić information content (AvgIpc) is 2.76. The van der Waals surface area contributed by atoms with Crippen molar-refractivity contribution in [3.8, 4) is 22.3 Å². The third-order valence-corrected chi connectivity index (χ3v) is 4.93. The van der Waals surface area contributed by atoms with Crippen LogP contribution in [-0.4, -0.2) is 0 Å². The lowest BCUT2D eigenvalue weighted by atomic mass is 9.82. The van der Waals surface area contributed by atoms with Gasteiger partial charge >= 0.3 is 0 Å². The molecule has 0 nitrogen and oxygen atoms in total. The monoisotopic (exact) mass is 284 g/mol. The number of fused-ring (bicyclic) bond motifs is 3. The van der Waals surface area contributed by atoms with Crippen molar-refractivity contribution in [1.29, 1.82) is 0 Å². The Morgan fingerprint density at radius 2 is 1.36 bits per heavy atom. The summed E-state index contributed by atoms with van der Waals surface area (Å²) in [6.45, 7) is 6.79. The molecule has 4 rings (SSSR count). The molecule has 0 unspecified atom stereocenters. The van der Waals surface area contributed by atoms with Crippen LogP contribution in [-0.2, 0) is 5.41 Å². The first-order chi connectivity index (χ1) is 10.6. The minimum atomic E-state index is 0.0943. The highest BCUT2D eigenvalue weighted by atomic mass is 14.4. The van der Waals surface area contributed by atoms with Crippen LogP contribution in [0.2, 0.25) is 0 Å². The summed E-state index contributed by atoms with van der Waals surface area (Å²) in [5.74, 6) is 0. The minimum Gasteiger partial charge on any atom is -0.0619 e. The molecule has 0 amide bonds. The standard InChI is InChI=1S/C22H20/c1-15-7-6-8-16(13-15)17-11-12-21-19(14-17)18-9-4-5-10-20(18)22(21,2)3/h4-14H,1-3H3. The molecule has 0 saturated heterocycles. The second-order valence-corrected chi connectivity index (χ2v) is 6.80. The van der Waals surface area contributed by atoms with E-state index < -0.39 is 0 Å². The second kappa shape index (κ2) is 4.58. The van der Waals surface area contributed by atoms with Crippen LogP contribution < -0.4 is 0 Å². The summed E-state index contributed by atoms with van der Waals surface area (Å²) in [5, 5.41) is 0. The minimum absolute atomic E-state index is 0.0943. The van der Waals surface area contributed by atoms with Gasteiger partial charge in [-0.1, -0.05) is 80.1 Å². The maximum absolute atomic E-state index is 2.36. The van der Waals surface area contributed by atoms with E-state index in [2.05, 4.69) is 87.5 Å². The van der Waals surface area contributed by atoms with Crippen LogP contribution in [0.3, 0.4) is 0 Å². The average molecular weight is 284 g/mol. The van der Waals surface area contributed by atoms with Crippen molar-refractivity contribution in [3.05, 3.63) is 83.4 Å². The first kappa shape index (κ1) is 13.3. The molecule has 1 aliphatic rings. The Morgan fingerprint density at radius 1 is 0.636 bits per heavy atom. The van der Waals surface area contributed by atoms with E-state index in [0.717, 1.165) is 0 Å². The number of rotatable bonds is 1. The van der Waals surface area contributed by atoms with E-state index in [1.54, 1.807) is 0 Å². The smallest absolute Gasteiger partial charge is 0.0158 e. The highest BCUT2D eigenvalue weighted by Crippen LogP contribution is 2.49. The Hall–Kier alpha value is -2.34. The summed E-state index contributed by atoms with van der Waals surface area (Å²) >= 11 is 0. The lowest BCUT2D eigenvalue weighted by molar-refractivity contribution is 0.660. The molecular formula is C22H20. The second-order valence-electron chi connectivity index (χ2n) is 6.80. The molecular weight excluding hydrogens is 264 g/mol. The van der Waals surface area contributed by atoms with E-state index in [1.807, 2.05) is 0 Å². The van der Waals surface area contributed by atoms with Gasteiger partial charge in [0.25, 0.3) is 0 Å². The van der Waals surface area contributed by atoms with Gasteiger partial charge in [-0.15, -0.1) is 0 Å². The fourth-order valence-corrected chi connectivity index (χ4v) is 3.72. The van der Waals surface area contributed by atoms with Crippen LogP contribution in [0.5, 0.6) is 0 Å². The zero-order valence-corrected chi connectivity index (χ0v) is 13.4. The number of benzene rings is 3. The molecule has 3 aromatic carbocycles. The van der Waals surface area contributed by atoms with Gasteiger partial charge in [-0.05, 0) is 46.4 Å². The largest absolute Gasteiger partial charge is 0.0619 e. The van der Waals surface area contributed by atoms with Crippen LogP contribution in [0.4, 0.5) is 0 Å². The van der Waals surface area contributed by atoms with Crippen LogP contribution >= 0.6 is 0 Å². The van der Waals surface area contributed by atoms with E-state index >= 15 is 0 Å². The topological polar surface area (TPSA) is 0 Å². The van der Waals surface area contributed by atoms with Gasteiger partial charge in [0, 0.05) is 5.41 Å². The van der Waals surface area contributed by atoms with Gasteiger partial charge < -0.3 is 0 Å². The maximum Gasteiger partial charge on any atom is 0.0158 e. The molecule has 0 N–H and O–H groups in total. The molecule has 1 aliphatic carbocycles. The zero-order chi connectivity index (χ0) is 15.3. The molecule has 0 spiro atoms. The molecule has 0 bridgehead atoms. The molecule has 0 aromatic heterocycles. The summed E-state index contributed by atoms with van der Waals surface area (Å²) in [5.41, 5.74) is 9.64. The van der Waals surface area contributed by atoms with E-state index in [9.17, 15) is 0 Å². The number of hydrogen-bond donors (Lipinski definition) is 0. The molecule has 0 heteroatoms. The summed E-state index contributed by atoms with van der Waals surface area (Å²) in [6, 6.07) is 24.5. The van der Waals surface area contributed by atoms with Crippen LogP contribution in [0.1, 0.15) is 30.5 Å². The third-order valence-electron chi connectivity index (χ3n) is 4.93. The van der Waals surface area contributed by atoms with Gasteiger partial charge in [-0.25, -0.2) is 0 Å². The van der Waals surface area contributed by atoms with Crippen molar-refractivity contribution in [2.45, 2.75) is 26.2 Å². The van der Waals surface area contributed by atoms with Crippen molar-refractivity contribution in [2.24, 2.45) is 0 Å². The van der Waals surface area contributed by atoms with E-state index in [-0.39, 0.29) is 5.41 Å². The summed E-state index contributed by atoms with van der Waals surface area (Å²) in [4.78, 5) is 0. The third kappa shape index (κ3) is 1.84. The predicted octanol–water partition coefficient (Wildman–Crippen LogP) is 5.97. The molecule has 0 atom stereocenters. The first-order valence-corrected chi connectivity index (χ1v) is 7.89. The highest BCUT2D eigenvalue weighted by Gasteiger charge is 2.34. The zero-order valence-electron chi connectivity index (χ0n) is 13.4. The first-order valence-electron chi connectivity index (χ1n) is 7.89. The van der Waals surface area contributed by atoms with Crippen LogP contribution in [0.15, 0.2) is 66.7 Å². The summed E-state index contributed by atoms with van der Waals surface area (Å²) in [7, 11) is 0. The van der Waals surface area contributed by atoms with Crippen molar-refractivity contribution in [2.75, 3.05) is 0 Å². The normalized spacial score (nSPS) is 14.5. The van der Waals surface area contributed by atoms with E-state index in [4.69, 9.17) is 0 Å². The van der Waals surface area contributed by atoms with Crippen molar-refractivity contribution in [3.63, 3.8) is 0 Å². The predicted molar refractivity (Wildman–Crippen MR) is 94.2 cm³/mol. The van der Waals surface area contributed by atoms with Gasteiger partial charge in [0.1, 0.15) is 0 Å². The van der Waals surface area contributed by atoms with Crippen molar-refractivity contribution >= 4 is 0 Å². The lowest BCUT2D eigenvalue weighted by Gasteiger charge is -2.21. The molecule has 0 aliphatic heterocycles. The highest BCUT2D eigenvalue weighted by molar-refractivity contribution is 5.84. The van der Waals surface area contributed by atoms with Gasteiger partial charge in [-0.2, -0.15) is 0 Å². The molecule has 0 radical (unpaired) electrons. The summed E-state index contributed by atoms with van der Waals surface area (Å²) < 4.78 is 0. The molecule has 0 saturated carbocycles. The van der Waals surface area contributed by atoms with Crippen molar-refractivity contribution < 1.29 is 0 Å². The Kier molecular flexibility index (Phi) is 2.77. The Morgan fingerprint density at radius 3 is 2.18 bits per heavy atom. The Labute approximate surface area is 132 Å². The van der Waals surface area contributed by atoms with Gasteiger partial charge in [0.2, 0.25) is 0 Å². The number of hydrogen-bond acceptors (Lipinski definition) is 0. The lowest BCUT2D eigenvalue weighted by Crippen LogP contribution is -2.14. The van der Waals surface area contributed by atoms with Crippen molar-refractivity contribution in [1.82, 2.24) is 0 Å². The molecule has 3 aromatic rings. The van der Waals surface area contributed by atoms with Gasteiger partial charge in [-0.3, -0.25) is 0 Å². The quantitative estimate of drug-likeness (QED) is 0.516. The number of aryl methyl sites for hydroxylation is 1. The van der Waals surface area contributed by atoms with Gasteiger partial charge in [0.15, 0.2) is 0 Å². The Balaban J connectivity index is 1.94. The molecule has 108 valence electrons. The molecule has 22 heavy (non-hydrogen) atoms. The van der Waals surface area contributed by atoms with Gasteiger partial charge in [0.05, 0.1) is 0 Å². The van der Waals surface area contributed by atoms with Crippen LogP contribution in [0.25, 0.3) is 22.3 Å². The SMILES string of the molecule is Cc1cccc(-c2ccc3c(c2)-c2ccccc2C3(C)C)c1. The summed E-state index contributed by atoms with van der Waals surface area (Å²) in [6.07, 6.45) is 0. The van der Waals surface area contributed by atoms with Crippen LogP contribution in [0, 0.1) is 6.92 Å². The fraction of sp³-hybridized carbons (Fsp3) is 0.182. The molecule has 0 fully saturated rings. The maximum atomic E-state index is 2.36. The fourth-order valence-electron chi connectivity index (χ4n) is 3.72. The van der Waals surface area contributed by atoms with E-state index in [0.29, 0.717) is 0 Å². The molecule has 0 heterocycles. The Bertz CT molecular complexity index is 869. The van der Waals surface area contributed by atoms with E-state index in [1.165, 1.54) is 38.9 Å².